The Balaban J connectivity index is 1.84. The largest absolute Gasteiger partial charge is 0.369 e. The summed E-state index contributed by atoms with van der Waals surface area (Å²) in [5.74, 6) is 0.0168. The van der Waals surface area contributed by atoms with Gasteiger partial charge in [-0.25, -0.2) is 4.39 Å². The molecule has 0 amide bonds. The van der Waals surface area contributed by atoms with Crippen LogP contribution in [0.1, 0.15) is 12.8 Å². The molecule has 1 aromatic carbocycles. The number of nitrogens with one attached hydrogen (secondary N) is 1. The first-order valence-electron chi connectivity index (χ1n) is 6.57. The van der Waals surface area contributed by atoms with Gasteiger partial charge in [0.15, 0.2) is 0 Å². The summed E-state index contributed by atoms with van der Waals surface area (Å²) >= 11 is 0. The number of halogens is 1. The second-order valence-electron chi connectivity index (χ2n) is 5.29. The Morgan fingerprint density at radius 2 is 2.21 bits per heavy atom. The van der Waals surface area contributed by atoms with Crippen molar-refractivity contribution in [1.82, 2.24) is 5.32 Å². The SMILES string of the molecule is O=[N+]([O-])c1cc(F)cc(N2CC3CCCNC3C2)c1. The van der Waals surface area contributed by atoms with Crippen LogP contribution in [0.2, 0.25) is 0 Å². The highest BCUT2D eigenvalue weighted by Gasteiger charge is 2.34. The molecule has 102 valence electrons. The van der Waals surface area contributed by atoms with Crippen molar-refractivity contribution in [3.63, 3.8) is 0 Å². The molecule has 1 N–H and O–H groups in total. The Labute approximate surface area is 110 Å². The predicted octanol–water partition coefficient (Wildman–Crippen LogP) is 1.92. The number of nitrogens with zero attached hydrogens (tertiary/aromatic N) is 2. The zero-order valence-corrected chi connectivity index (χ0v) is 10.5. The van der Waals surface area contributed by atoms with Gasteiger partial charge in [0, 0.05) is 30.9 Å². The van der Waals surface area contributed by atoms with Crippen LogP contribution in [0.5, 0.6) is 0 Å². The fourth-order valence-electron chi connectivity index (χ4n) is 3.10. The molecule has 2 fully saturated rings. The minimum absolute atomic E-state index is 0.183. The Hall–Kier alpha value is -1.69. The van der Waals surface area contributed by atoms with E-state index in [0.717, 1.165) is 32.1 Å². The van der Waals surface area contributed by atoms with Gasteiger partial charge in [-0.2, -0.15) is 0 Å². The molecule has 1 aromatic rings. The van der Waals surface area contributed by atoms with Gasteiger partial charge in [0.1, 0.15) is 5.82 Å². The van der Waals surface area contributed by atoms with Crippen molar-refractivity contribution in [3.8, 4) is 0 Å². The lowest BCUT2D eigenvalue weighted by Crippen LogP contribution is -2.40. The van der Waals surface area contributed by atoms with Gasteiger partial charge in [0.05, 0.1) is 11.0 Å². The predicted molar refractivity (Wildman–Crippen MR) is 69.8 cm³/mol. The van der Waals surface area contributed by atoms with E-state index < -0.39 is 10.7 Å². The summed E-state index contributed by atoms with van der Waals surface area (Å²) < 4.78 is 13.5. The van der Waals surface area contributed by atoms with Crippen LogP contribution in [0.25, 0.3) is 0 Å². The number of hydrogen-bond acceptors (Lipinski definition) is 4. The van der Waals surface area contributed by atoms with Crippen molar-refractivity contribution in [2.45, 2.75) is 18.9 Å². The topological polar surface area (TPSA) is 58.4 Å². The molecule has 0 spiro atoms. The first-order valence-corrected chi connectivity index (χ1v) is 6.57. The molecule has 3 rings (SSSR count). The average Bonchev–Trinajstić information content (AvgIpc) is 2.81. The third-order valence-electron chi connectivity index (χ3n) is 4.04. The number of non-ortho nitro benzene ring substituents is 1. The van der Waals surface area contributed by atoms with E-state index in [1.165, 1.54) is 18.6 Å². The van der Waals surface area contributed by atoms with Gasteiger partial charge >= 0.3 is 0 Å². The van der Waals surface area contributed by atoms with Crippen molar-refractivity contribution >= 4 is 11.4 Å². The molecule has 2 unspecified atom stereocenters. The Morgan fingerprint density at radius 1 is 1.37 bits per heavy atom. The van der Waals surface area contributed by atoms with Crippen LogP contribution < -0.4 is 10.2 Å². The number of piperidine rings is 1. The number of anilines is 1. The van der Waals surface area contributed by atoms with Crippen LogP contribution in [0.3, 0.4) is 0 Å². The molecule has 6 heteroatoms. The first kappa shape index (κ1) is 12.3. The zero-order chi connectivity index (χ0) is 13.4. The smallest absolute Gasteiger partial charge is 0.274 e. The van der Waals surface area contributed by atoms with Crippen LogP contribution in [0.4, 0.5) is 15.8 Å². The van der Waals surface area contributed by atoms with Gasteiger partial charge in [-0.15, -0.1) is 0 Å². The van der Waals surface area contributed by atoms with Crippen LogP contribution in [-0.4, -0.2) is 30.6 Å². The number of rotatable bonds is 2. The molecule has 2 aliphatic heterocycles. The monoisotopic (exact) mass is 265 g/mol. The van der Waals surface area contributed by atoms with Gasteiger partial charge in [-0.1, -0.05) is 0 Å². The Morgan fingerprint density at radius 3 is 2.95 bits per heavy atom. The highest BCUT2D eigenvalue weighted by Crippen LogP contribution is 2.31. The van der Waals surface area contributed by atoms with Crippen LogP contribution >= 0.6 is 0 Å². The lowest BCUT2D eigenvalue weighted by Gasteiger charge is -2.24. The Kier molecular flexibility index (Phi) is 3.10. The number of benzene rings is 1. The molecule has 5 nitrogen and oxygen atoms in total. The second kappa shape index (κ2) is 4.77. The van der Waals surface area contributed by atoms with Crippen molar-refractivity contribution in [2.24, 2.45) is 5.92 Å². The maximum absolute atomic E-state index is 13.5. The minimum Gasteiger partial charge on any atom is -0.369 e. The molecular formula is C13H16FN3O2. The number of nitro benzene ring substituents is 1. The van der Waals surface area contributed by atoms with E-state index in [1.54, 1.807) is 0 Å². The molecule has 2 aliphatic rings. The minimum atomic E-state index is -0.549. The lowest BCUT2D eigenvalue weighted by atomic mass is 9.94. The first-order chi connectivity index (χ1) is 9.13. The highest BCUT2D eigenvalue weighted by molar-refractivity contribution is 5.54. The lowest BCUT2D eigenvalue weighted by molar-refractivity contribution is -0.385. The summed E-state index contributed by atoms with van der Waals surface area (Å²) in [4.78, 5) is 12.3. The number of hydrogen-bond donors (Lipinski definition) is 1. The average molecular weight is 265 g/mol. The summed E-state index contributed by atoms with van der Waals surface area (Å²) in [6, 6.07) is 4.23. The molecule has 0 radical (unpaired) electrons. The van der Waals surface area contributed by atoms with Crippen molar-refractivity contribution in [1.29, 1.82) is 0 Å². The molecular weight excluding hydrogens is 249 g/mol. The third-order valence-corrected chi connectivity index (χ3v) is 4.04. The van der Waals surface area contributed by atoms with Crippen LogP contribution in [-0.2, 0) is 0 Å². The van der Waals surface area contributed by atoms with Gasteiger partial charge in [-0.05, 0) is 31.4 Å². The van der Waals surface area contributed by atoms with Crippen molar-refractivity contribution in [2.75, 3.05) is 24.5 Å². The highest BCUT2D eigenvalue weighted by atomic mass is 19.1. The summed E-state index contributed by atoms with van der Waals surface area (Å²) in [6.07, 6.45) is 2.34. The normalized spacial score (nSPS) is 26.3. The molecule has 0 aromatic heterocycles. The zero-order valence-electron chi connectivity index (χ0n) is 10.5. The van der Waals surface area contributed by atoms with E-state index in [9.17, 15) is 14.5 Å². The third kappa shape index (κ3) is 2.40. The molecule has 2 heterocycles. The summed E-state index contributed by atoms with van der Waals surface area (Å²) in [6.45, 7) is 2.67. The van der Waals surface area contributed by atoms with E-state index in [1.807, 2.05) is 4.90 Å². The number of nitro groups is 1. The molecule has 0 bridgehead atoms. The van der Waals surface area contributed by atoms with Crippen LogP contribution in [0.15, 0.2) is 18.2 Å². The van der Waals surface area contributed by atoms with Gasteiger partial charge in [0.25, 0.3) is 5.69 Å². The van der Waals surface area contributed by atoms with Gasteiger partial charge in [-0.3, -0.25) is 10.1 Å². The molecule has 19 heavy (non-hydrogen) atoms. The van der Waals surface area contributed by atoms with E-state index in [4.69, 9.17) is 0 Å². The molecule has 2 atom stereocenters. The van der Waals surface area contributed by atoms with Crippen molar-refractivity contribution < 1.29 is 9.31 Å². The standard InChI is InChI=1S/C13H16FN3O2/c14-10-4-11(6-12(5-10)17(18)19)16-7-9-2-1-3-15-13(9)8-16/h4-6,9,13,15H,1-3,7-8H2. The molecule has 0 saturated carbocycles. The molecule has 2 saturated heterocycles. The summed E-state index contributed by atoms with van der Waals surface area (Å²) in [5, 5.41) is 14.2. The second-order valence-corrected chi connectivity index (χ2v) is 5.29. The Bertz CT molecular complexity index is 495. The maximum Gasteiger partial charge on any atom is 0.274 e. The van der Waals surface area contributed by atoms with Crippen LogP contribution in [0, 0.1) is 21.8 Å². The fourth-order valence-corrected chi connectivity index (χ4v) is 3.10. The number of fused-ring (bicyclic) bond motifs is 1. The maximum atomic E-state index is 13.5. The van der Waals surface area contributed by atoms with E-state index in [-0.39, 0.29) is 5.69 Å². The summed E-state index contributed by atoms with van der Waals surface area (Å²) in [5.41, 5.74) is 0.431. The van der Waals surface area contributed by atoms with Gasteiger partial charge < -0.3 is 10.2 Å². The summed E-state index contributed by atoms with van der Waals surface area (Å²) in [7, 11) is 0. The van der Waals surface area contributed by atoms with E-state index in [0.29, 0.717) is 17.6 Å². The van der Waals surface area contributed by atoms with Gasteiger partial charge in [0.2, 0.25) is 0 Å². The van der Waals surface area contributed by atoms with E-state index >= 15 is 0 Å². The quantitative estimate of drug-likeness (QED) is 0.655. The molecule has 0 aliphatic carbocycles. The van der Waals surface area contributed by atoms with E-state index in [2.05, 4.69) is 5.32 Å². The fraction of sp³-hybridized carbons (Fsp3) is 0.538. The van der Waals surface area contributed by atoms with Crippen molar-refractivity contribution in [3.05, 3.63) is 34.1 Å².